The third kappa shape index (κ3) is 5.04. The Kier molecular flexibility index (Phi) is 6.72. The number of anilines is 1. The minimum atomic E-state index is -0.712. The summed E-state index contributed by atoms with van der Waals surface area (Å²) in [6.45, 7) is 7.48. The van der Waals surface area contributed by atoms with E-state index in [1.165, 1.54) is 5.56 Å². The van der Waals surface area contributed by atoms with Gasteiger partial charge in [-0.15, -0.1) is 0 Å². The third-order valence-corrected chi connectivity index (χ3v) is 2.98. The van der Waals surface area contributed by atoms with E-state index in [9.17, 15) is 5.11 Å². The van der Waals surface area contributed by atoms with Gasteiger partial charge in [0, 0.05) is 18.8 Å². The van der Waals surface area contributed by atoms with Crippen LogP contribution < -0.4 is 5.32 Å². The molecule has 4 heteroatoms. The Morgan fingerprint density at radius 3 is 2.61 bits per heavy atom. The van der Waals surface area contributed by atoms with E-state index in [-0.39, 0.29) is 6.61 Å². The Hall–Kier alpha value is -1.10. The van der Waals surface area contributed by atoms with Gasteiger partial charge >= 0.3 is 0 Å². The molecule has 18 heavy (non-hydrogen) atoms. The van der Waals surface area contributed by atoms with Crippen molar-refractivity contribution in [2.24, 2.45) is 0 Å². The molecule has 1 atom stereocenters. The standard InChI is InChI=1S/C14H24N2O2/c1-3-16(4-2)10-12-6-5-7-13(8-12)15-9-14(18)11-17/h5-8,14-15,17-18H,3-4,9-11H2,1-2H3. The summed E-state index contributed by atoms with van der Waals surface area (Å²) in [6, 6.07) is 8.16. The second-order valence-electron chi connectivity index (χ2n) is 4.38. The highest BCUT2D eigenvalue weighted by Crippen LogP contribution is 2.12. The Morgan fingerprint density at radius 1 is 1.28 bits per heavy atom. The van der Waals surface area contributed by atoms with Crippen molar-refractivity contribution in [3.63, 3.8) is 0 Å². The van der Waals surface area contributed by atoms with Crippen LogP contribution in [0.4, 0.5) is 5.69 Å². The minimum absolute atomic E-state index is 0.216. The molecule has 0 fully saturated rings. The van der Waals surface area contributed by atoms with E-state index in [4.69, 9.17) is 5.11 Å². The van der Waals surface area contributed by atoms with Gasteiger partial charge in [-0.25, -0.2) is 0 Å². The molecule has 1 rings (SSSR count). The maximum Gasteiger partial charge on any atom is 0.0942 e. The predicted molar refractivity (Wildman–Crippen MR) is 74.6 cm³/mol. The summed E-state index contributed by atoms with van der Waals surface area (Å²) in [5, 5.41) is 21.2. The van der Waals surface area contributed by atoms with Crippen molar-refractivity contribution in [3.8, 4) is 0 Å². The third-order valence-electron chi connectivity index (χ3n) is 2.98. The zero-order valence-corrected chi connectivity index (χ0v) is 11.3. The molecule has 0 radical (unpaired) electrons. The zero-order chi connectivity index (χ0) is 13.4. The first-order valence-electron chi connectivity index (χ1n) is 6.53. The van der Waals surface area contributed by atoms with E-state index in [2.05, 4.69) is 36.2 Å². The van der Waals surface area contributed by atoms with E-state index >= 15 is 0 Å². The molecule has 3 N–H and O–H groups in total. The van der Waals surface area contributed by atoms with Crippen molar-refractivity contribution in [3.05, 3.63) is 29.8 Å². The van der Waals surface area contributed by atoms with Gasteiger partial charge in [-0.3, -0.25) is 4.90 Å². The highest BCUT2D eigenvalue weighted by atomic mass is 16.3. The summed E-state index contributed by atoms with van der Waals surface area (Å²) < 4.78 is 0. The van der Waals surface area contributed by atoms with E-state index in [0.29, 0.717) is 6.54 Å². The lowest BCUT2D eigenvalue weighted by Gasteiger charge is -2.18. The summed E-state index contributed by atoms with van der Waals surface area (Å²) in [4.78, 5) is 2.35. The molecule has 1 unspecified atom stereocenters. The topological polar surface area (TPSA) is 55.7 Å². The molecule has 0 amide bonds. The van der Waals surface area contributed by atoms with Gasteiger partial charge < -0.3 is 15.5 Å². The highest BCUT2D eigenvalue weighted by molar-refractivity contribution is 5.45. The first-order chi connectivity index (χ1) is 8.69. The van der Waals surface area contributed by atoms with Crippen molar-refractivity contribution >= 4 is 5.69 Å². The van der Waals surface area contributed by atoms with Gasteiger partial charge in [0.2, 0.25) is 0 Å². The molecular weight excluding hydrogens is 228 g/mol. The average molecular weight is 252 g/mol. The molecule has 1 aromatic rings. The number of benzene rings is 1. The SMILES string of the molecule is CCN(CC)Cc1cccc(NCC(O)CO)c1. The van der Waals surface area contributed by atoms with Crippen LogP contribution >= 0.6 is 0 Å². The Morgan fingerprint density at radius 2 is 2.00 bits per heavy atom. The molecule has 102 valence electrons. The number of nitrogens with one attached hydrogen (secondary N) is 1. The Balaban J connectivity index is 2.56. The fraction of sp³-hybridized carbons (Fsp3) is 0.571. The highest BCUT2D eigenvalue weighted by Gasteiger charge is 2.04. The summed E-state index contributed by atoms with van der Waals surface area (Å²) >= 11 is 0. The van der Waals surface area contributed by atoms with Gasteiger partial charge in [0.1, 0.15) is 0 Å². The molecule has 0 saturated carbocycles. The first-order valence-corrected chi connectivity index (χ1v) is 6.53. The molecule has 0 aliphatic heterocycles. The van der Waals surface area contributed by atoms with E-state index < -0.39 is 6.10 Å². The zero-order valence-electron chi connectivity index (χ0n) is 11.3. The lowest BCUT2D eigenvalue weighted by Crippen LogP contribution is -2.23. The number of hydrogen-bond donors (Lipinski definition) is 3. The van der Waals surface area contributed by atoms with Crippen LogP contribution in [0.3, 0.4) is 0 Å². The van der Waals surface area contributed by atoms with E-state index in [1.807, 2.05) is 12.1 Å². The summed E-state index contributed by atoms with van der Waals surface area (Å²) in [5.41, 5.74) is 2.23. The number of rotatable bonds is 8. The second-order valence-corrected chi connectivity index (χ2v) is 4.38. The van der Waals surface area contributed by atoms with Gasteiger partial charge in [0.25, 0.3) is 0 Å². The van der Waals surface area contributed by atoms with Crippen LogP contribution in [0, 0.1) is 0 Å². The fourth-order valence-corrected chi connectivity index (χ4v) is 1.79. The largest absolute Gasteiger partial charge is 0.394 e. The van der Waals surface area contributed by atoms with Crippen molar-refractivity contribution in [1.82, 2.24) is 4.90 Å². The maximum absolute atomic E-state index is 9.29. The smallest absolute Gasteiger partial charge is 0.0942 e. The number of aliphatic hydroxyl groups excluding tert-OH is 2. The van der Waals surface area contributed by atoms with Crippen molar-refractivity contribution in [2.75, 3.05) is 31.6 Å². The van der Waals surface area contributed by atoms with Crippen LogP contribution in [-0.2, 0) is 6.54 Å². The molecule has 0 saturated heterocycles. The summed E-state index contributed by atoms with van der Waals surface area (Å²) in [7, 11) is 0. The molecule has 0 bridgehead atoms. The quantitative estimate of drug-likeness (QED) is 0.652. The van der Waals surface area contributed by atoms with Gasteiger partial charge in [0.15, 0.2) is 0 Å². The minimum Gasteiger partial charge on any atom is -0.394 e. The molecule has 1 aromatic carbocycles. The normalized spacial score (nSPS) is 12.7. The molecular formula is C14H24N2O2. The summed E-state index contributed by atoms with van der Waals surface area (Å²) in [6.07, 6.45) is -0.712. The molecule has 0 aliphatic carbocycles. The van der Waals surface area contributed by atoms with Crippen LogP contribution in [0.15, 0.2) is 24.3 Å². The van der Waals surface area contributed by atoms with Gasteiger partial charge in [0.05, 0.1) is 12.7 Å². The lowest BCUT2D eigenvalue weighted by molar-refractivity contribution is 0.105. The van der Waals surface area contributed by atoms with Gasteiger partial charge in [-0.2, -0.15) is 0 Å². The van der Waals surface area contributed by atoms with Crippen LogP contribution in [-0.4, -0.2) is 47.5 Å². The molecule has 0 aliphatic rings. The Labute approximate surface area is 109 Å². The van der Waals surface area contributed by atoms with Gasteiger partial charge in [-0.05, 0) is 30.8 Å². The molecule has 0 heterocycles. The number of hydrogen-bond acceptors (Lipinski definition) is 4. The van der Waals surface area contributed by atoms with Crippen molar-refractivity contribution in [1.29, 1.82) is 0 Å². The maximum atomic E-state index is 9.29. The second kappa shape index (κ2) is 8.08. The molecule has 4 nitrogen and oxygen atoms in total. The summed E-state index contributed by atoms with van der Waals surface area (Å²) in [5.74, 6) is 0. The molecule has 0 spiro atoms. The van der Waals surface area contributed by atoms with Gasteiger partial charge in [-0.1, -0.05) is 26.0 Å². The monoisotopic (exact) mass is 252 g/mol. The average Bonchev–Trinajstić information content (AvgIpc) is 2.42. The van der Waals surface area contributed by atoms with Crippen molar-refractivity contribution < 1.29 is 10.2 Å². The van der Waals surface area contributed by atoms with Crippen LogP contribution in [0.1, 0.15) is 19.4 Å². The van der Waals surface area contributed by atoms with Crippen LogP contribution in [0.2, 0.25) is 0 Å². The lowest BCUT2D eigenvalue weighted by atomic mass is 10.2. The first kappa shape index (κ1) is 15.0. The fourth-order valence-electron chi connectivity index (χ4n) is 1.79. The van der Waals surface area contributed by atoms with E-state index in [1.54, 1.807) is 0 Å². The van der Waals surface area contributed by atoms with Crippen molar-refractivity contribution in [2.45, 2.75) is 26.5 Å². The van der Waals surface area contributed by atoms with Crippen LogP contribution in [0.5, 0.6) is 0 Å². The Bertz CT molecular complexity index is 340. The predicted octanol–water partition coefficient (Wildman–Crippen LogP) is 1.29. The van der Waals surface area contributed by atoms with E-state index in [0.717, 1.165) is 25.3 Å². The number of aliphatic hydroxyl groups is 2. The number of nitrogens with zero attached hydrogens (tertiary/aromatic N) is 1. The molecule has 0 aromatic heterocycles. The van der Waals surface area contributed by atoms with Crippen LogP contribution in [0.25, 0.3) is 0 Å².